The average Bonchev–Trinajstić information content (AvgIpc) is 3.55. The Hall–Kier alpha value is -3.39. The maximum atomic E-state index is 6.48. The molecule has 1 aliphatic rings. The molecule has 8 heteroatoms. The SMILES string of the molecule is C=C/C(=C\c1ccccc1C)c1cnn2c(N)c(Br)c(N3CCC(c4nc(C)co4)C3)nc12. The summed E-state index contributed by atoms with van der Waals surface area (Å²) in [7, 11) is 0. The molecular weight excluding hydrogens is 480 g/mol. The van der Waals surface area contributed by atoms with E-state index in [0.29, 0.717) is 11.5 Å². The summed E-state index contributed by atoms with van der Waals surface area (Å²) in [5.74, 6) is 2.31. The minimum absolute atomic E-state index is 0.221. The van der Waals surface area contributed by atoms with Gasteiger partial charge in [0.25, 0.3) is 0 Å². The van der Waals surface area contributed by atoms with Crippen LogP contribution in [0.4, 0.5) is 11.6 Å². The van der Waals surface area contributed by atoms with E-state index in [2.05, 4.69) is 62.6 Å². The van der Waals surface area contributed by atoms with Gasteiger partial charge in [0.15, 0.2) is 11.5 Å². The summed E-state index contributed by atoms with van der Waals surface area (Å²) in [6.45, 7) is 9.66. The van der Waals surface area contributed by atoms with Gasteiger partial charge in [-0.2, -0.15) is 9.61 Å². The Labute approximate surface area is 200 Å². The largest absolute Gasteiger partial charge is 0.448 e. The van der Waals surface area contributed by atoms with Crippen LogP contribution in [0.25, 0.3) is 17.3 Å². The van der Waals surface area contributed by atoms with E-state index in [4.69, 9.17) is 15.1 Å². The molecular formula is C25H25BrN6O. The highest BCUT2D eigenvalue weighted by molar-refractivity contribution is 9.10. The summed E-state index contributed by atoms with van der Waals surface area (Å²) in [5, 5.41) is 4.51. The number of nitrogens with two attached hydrogens (primary N) is 1. The second-order valence-corrected chi connectivity index (χ2v) is 9.14. The molecule has 0 radical (unpaired) electrons. The predicted octanol–water partition coefficient (Wildman–Crippen LogP) is 5.40. The number of hydrogen-bond acceptors (Lipinski definition) is 6. The lowest BCUT2D eigenvalue weighted by molar-refractivity contribution is 0.459. The average molecular weight is 505 g/mol. The molecule has 1 atom stereocenters. The van der Waals surface area contributed by atoms with Crippen LogP contribution in [0.1, 0.15) is 40.6 Å². The van der Waals surface area contributed by atoms with Crippen molar-refractivity contribution in [2.75, 3.05) is 23.7 Å². The van der Waals surface area contributed by atoms with Crippen LogP contribution in [0, 0.1) is 13.8 Å². The second kappa shape index (κ2) is 8.51. The molecule has 4 heterocycles. The normalized spacial score (nSPS) is 16.6. The number of nitrogens with zero attached hydrogens (tertiary/aromatic N) is 5. The van der Waals surface area contributed by atoms with Gasteiger partial charge < -0.3 is 15.1 Å². The lowest BCUT2D eigenvalue weighted by Gasteiger charge is -2.20. The lowest BCUT2D eigenvalue weighted by Crippen LogP contribution is -2.22. The monoisotopic (exact) mass is 504 g/mol. The van der Waals surface area contributed by atoms with Crippen molar-refractivity contribution < 1.29 is 4.42 Å². The molecule has 33 heavy (non-hydrogen) atoms. The van der Waals surface area contributed by atoms with Gasteiger partial charge in [-0.1, -0.05) is 36.9 Å². The molecule has 0 saturated carbocycles. The van der Waals surface area contributed by atoms with Gasteiger partial charge >= 0.3 is 0 Å². The zero-order valence-corrected chi connectivity index (χ0v) is 20.2. The van der Waals surface area contributed by atoms with Crippen LogP contribution >= 0.6 is 15.9 Å². The highest BCUT2D eigenvalue weighted by Gasteiger charge is 2.30. The van der Waals surface area contributed by atoms with Gasteiger partial charge in [-0.05, 0) is 59.0 Å². The Morgan fingerprint density at radius 3 is 2.82 bits per heavy atom. The number of oxazole rings is 1. The van der Waals surface area contributed by atoms with Gasteiger partial charge in [-0.25, -0.2) is 9.97 Å². The fourth-order valence-electron chi connectivity index (χ4n) is 4.27. The first kappa shape index (κ1) is 21.5. The maximum absolute atomic E-state index is 6.48. The first-order valence-corrected chi connectivity index (χ1v) is 11.7. The molecule has 0 spiro atoms. The first-order chi connectivity index (χ1) is 16.0. The van der Waals surface area contributed by atoms with Crippen molar-refractivity contribution >= 4 is 44.9 Å². The van der Waals surface area contributed by atoms with Gasteiger partial charge in [-0.15, -0.1) is 0 Å². The van der Waals surface area contributed by atoms with E-state index >= 15 is 0 Å². The van der Waals surface area contributed by atoms with Gasteiger partial charge in [-0.3, -0.25) is 0 Å². The number of allylic oxidation sites excluding steroid dienone is 2. The fourth-order valence-corrected chi connectivity index (χ4v) is 4.78. The lowest BCUT2D eigenvalue weighted by atomic mass is 10.0. The third-order valence-corrected chi connectivity index (χ3v) is 6.87. The number of nitrogen functional groups attached to an aromatic ring is 1. The maximum Gasteiger partial charge on any atom is 0.199 e. The highest BCUT2D eigenvalue weighted by Crippen LogP contribution is 2.37. The summed E-state index contributed by atoms with van der Waals surface area (Å²) in [6.07, 6.45) is 8.38. The van der Waals surface area contributed by atoms with Crippen LogP contribution < -0.4 is 10.6 Å². The Kier molecular flexibility index (Phi) is 5.54. The zero-order chi connectivity index (χ0) is 23.1. The fraction of sp³-hybridized carbons (Fsp3) is 0.240. The first-order valence-electron chi connectivity index (χ1n) is 10.9. The molecule has 4 aromatic rings. The third-order valence-electron chi connectivity index (χ3n) is 6.11. The third kappa shape index (κ3) is 3.84. The Balaban J connectivity index is 1.56. The van der Waals surface area contributed by atoms with Gasteiger partial charge in [0.1, 0.15) is 22.4 Å². The standard InChI is InChI=1S/C25H25BrN6O/c1-4-17(11-18-8-6-5-7-15(18)2)20-12-28-32-22(27)21(26)24(30-23(20)32)31-10-9-19(13-31)25-29-16(3)14-33-25/h4-8,11-12,14,19H,1,9-10,13,27H2,2-3H3/b17-11+. The number of hydrogen-bond donors (Lipinski definition) is 1. The molecule has 0 bridgehead atoms. The number of aromatic nitrogens is 4. The van der Waals surface area contributed by atoms with Crippen molar-refractivity contribution in [3.05, 3.63) is 82.1 Å². The van der Waals surface area contributed by atoms with Crippen LogP contribution in [-0.4, -0.2) is 32.7 Å². The van der Waals surface area contributed by atoms with E-state index in [0.717, 1.165) is 58.1 Å². The number of fused-ring (bicyclic) bond motifs is 1. The molecule has 7 nitrogen and oxygen atoms in total. The summed E-state index contributed by atoms with van der Waals surface area (Å²) < 4.78 is 8.05. The van der Waals surface area contributed by atoms with E-state index in [-0.39, 0.29) is 5.92 Å². The van der Waals surface area contributed by atoms with Crippen molar-refractivity contribution in [2.45, 2.75) is 26.2 Å². The molecule has 1 aromatic carbocycles. The second-order valence-electron chi connectivity index (χ2n) is 8.35. The summed E-state index contributed by atoms with van der Waals surface area (Å²) in [5.41, 5.74) is 12.2. The molecule has 0 aliphatic carbocycles. The van der Waals surface area contributed by atoms with Crippen molar-refractivity contribution in [3.8, 4) is 0 Å². The molecule has 1 fully saturated rings. The summed E-state index contributed by atoms with van der Waals surface area (Å²) >= 11 is 3.65. The van der Waals surface area contributed by atoms with Crippen LogP contribution in [0.3, 0.4) is 0 Å². The molecule has 1 saturated heterocycles. The molecule has 2 N–H and O–H groups in total. The summed E-state index contributed by atoms with van der Waals surface area (Å²) in [4.78, 5) is 11.7. The number of anilines is 2. The minimum atomic E-state index is 0.221. The van der Waals surface area contributed by atoms with Crippen molar-refractivity contribution in [3.63, 3.8) is 0 Å². The zero-order valence-electron chi connectivity index (χ0n) is 18.6. The van der Waals surface area contributed by atoms with E-state index in [1.54, 1.807) is 17.0 Å². The smallest absolute Gasteiger partial charge is 0.199 e. The van der Waals surface area contributed by atoms with Crippen LogP contribution in [0.2, 0.25) is 0 Å². The predicted molar refractivity (Wildman–Crippen MR) is 135 cm³/mol. The van der Waals surface area contributed by atoms with Crippen LogP contribution in [-0.2, 0) is 0 Å². The van der Waals surface area contributed by atoms with E-state index in [9.17, 15) is 0 Å². The Bertz CT molecular complexity index is 1390. The van der Waals surface area contributed by atoms with Gasteiger partial charge in [0.2, 0.25) is 0 Å². The highest BCUT2D eigenvalue weighted by atomic mass is 79.9. The Morgan fingerprint density at radius 2 is 2.09 bits per heavy atom. The van der Waals surface area contributed by atoms with Crippen molar-refractivity contribution in [2.24, 2.45) is 0 Å². The number of halogens is 1. The molecule has 1 aliphatic heterocycles. The van der Waals surface area contributed by atoms with Crippen LogP contribution in [0.5, 0.6) is 0 Å². The van der Waals surface area contributed by atoms with E-state index < -0.39 is 0 Å². The molecule has 1 unspecified atom stereocenters. The molecule has 5 rings (SSSR count). The topological polar surface area (TPSA) is 85.5 Å². The van der Waals surface area contributed by atoms with Crippen molar-refractivity contribution in [1.82, 2.24) is 19.6 Å². The van der Waals surface area contributed by atoms with Crippen molar-refractivity contribution in [1.29, 1.82) is 0 Å². The van der Waals surface area contributed by atoms with Gasteiger partial charge in [0.05, 0.1) is 17.8 Å². The quantitative estimate of drug-likeness (QED) is 0.366. The van der Waals surface area contributed by atoms with Crippen LogP contribution in [0.15, 0.2) is 58.3 Å². The number of aryl methyl sites for hydroxylation is 2. The summed E-state index contributed by atoms with van der Waals surface area (Å²) in [6, 6.07) is 8.24. The Morgan fingerprint density at radius 1 is 1.27 bits per heavy atom. The van der Waals surface area contributed by atoms with E-state index in [1.165, 1.54) is 5.56 Å². The molecule has 168 valence electrons. The number of benzene rings is 1. The van der Waals surface area contributed by atoms with E-state index in [1.807, 2.05) is 25.1 Å². The molecule has 3 aromatic heterocycles. The molecule has 0 amide bonds. The van der Waals surface area contributed by atoms with Gasteiger partial charge in [0, 0.05) is 18.7 Å². The number of rotatable bonds is 5. The minimum Gasteiger partial charge on any atom is -0.448 e.